The van der Waals surface area contributed by atoms with E-state index in [1.807, 2.05) is 6.92 Å². The molecule has 0 aromatic carbocycles. The maximum atomic E-state index is 12.4. The number of carbonyl (C=O) groups excluding carboxylic acids is 3. The van der Waals surface area contributed by atoms with Gasteiger partial charge in [-0.3, -0.25) is 14.4 Å². The Kier molecular flexibility index (Phi) is 4.37. The van der Waals surface area contributed by atoms with E-state index in [1.54, 1.807) is 18.0 Å². The summed E-state index contributed by atoms with van der Waals surface area (Å²) in [5.41, 5.74) is 0.951. The van der Waals surface area contributed by atoms with E-state index in [1.165, 1.54) is 11.1 Å². The number of amides is 3. The number of likely N-dealkylation sites (tertiary alicyclic amines) is 1. The van der Waals surface area contributed by atoms with Gasteiger partial charge in [0.05, 0.1) is 23.8 Å². The molecule has 1 unspecified atom stereocenters. The van der Waals surface area contributed by atoms with Crippen molar-refractivity contribution >= 4 is 29.2 Å². The van der Waals surface area contributed by atoms with Crippen LogP contribution in [0.2, 0.25) is 0 Å². The smallest absolute Gasteiger partial charge is 0.253 e. The number of hydrogen-bond donors (Lipinski definition) is 2. The molecular weight excluding hydrogens is 310 g/mol. The summed E-state index contributed by atoms with van der Waals surface area (Å²) < 4.78 is 0. The molecule has 3 heterocycles. The summed E-state index contributed by atoms with van der Waals surface area (Å²) in [6.07, 6.45) is 2.70. The summed E-state index contributed by atoms with van der Waals surface area (Å²) in [5, 5.41) is 5.80. The van der Waals surface area contributed by atoms with Crippen molar-refractivity contribution in [2.75, 3.05) is 36.9 Å². The van der Waals surface area contributed by atoms with Crippen LogP contribution in [0.1, 0.15) is 30.1 Å². The van der Waals surface area contributed by atoms with Crippen LogP contribution >= 0.6 is 0 Å². The van der Waals surface area contributed by atoms with Gasteiger partial charge >= 0.3 is 0 Å². The molecule has 0 radical (unpaired) electrons. The molecule has 128 valence electrons. The SMILES string of the molecule is CCCN1CC(NC(=O)c2cnc3c(c2)N(C)C(=O)CN3)CC1=O. The molecule has 24 heavy (non-hydrogen) atoms. The largest absolute Gasteiger partial charge is 0.359 e. The van der Waals surface area contributed by atoms with E-state index < -0.39 is 0 Å². The van der Waals surface area contributed by atoms with Gasteiger partial charge in [-0.25, -0.2) is 4.98 Å². The number of anilines is 2. The lowest BCUT2D eigenvalue weighted by Crippen LogP contribution is -2.39. The number of rotatable bonds is 4. The molecule has 0 saturated carbocycles. The minimum absolute atomic E-state index is 0.0697. The molecule has 2 aliphatic rings. The Bertz CT molecular complexity index is 690. The fourth-order valence-electron chi connectivity index (χ4n) is 3.01. The van der Waals surface area contributed by atoms with Crippen molar-refractivity contribution in [3.63, 3.8) is 0 Å². The molecule has 2 aliphatic heterocycles. The Morgan fingerprint density at radius 1 is 1.42 bits per heavy atom. The molecule has 8 nitrogen and oxygen atoms in total. The number of pyridine rings is 1. The standard InChI is InChI=1S/C16H21N5O3/c1-3-4-21-9-11(6-13(21)22)19-16(24)10-5-12-15(17-7-10)18-8-14(23)20(12)2/h5,7,11H,3-4,6,8-9H2,1-2H3,(H,17,18)(H,19,24). The summed E-state index contributed by atoms with van der Waals surface area (Å²) in [5.74, 6) is 0.283. The number of fused-ring (bicyclic) bond motifs is 1. The average molecular weight is 331 g/mol. The second kappa shape index (κ2) is 6.46. The molecule has 1 saturated heterocycles. The molecule has 3 rings (SSSR count). The fraction of sp³-hybridized carbons (Fsp3) is 0.500. The predicted octanol–water partition coefficient (Wildman–Crippen LogP) is 0.211. The summed E-state index contributed by atoms with van der Waals surface area (Å²) in [6.45, 7) is 3.46. The lowest BCUT2D eigenvalue weighted by atomic mass is 10.2. The zero-order chi connectivity index (χ0) is 17.3. The van der Waals surface area contributed by atoms with Gasteiger partial charge in [-0.05, 0) is 12.5 Å². The monoisotopic (exact) mass is 331 g/mol. The number of hydrogen-bond acceptors (Lipinski definition) is 5. The second-order valence-corrected chi connectivity index (χ2v) is 6.11. The Morgan fingerprint density at radius 2 is 2.21 bits per heavy atom. The van der Waals surface area contributed by atoms with Gasteiger partial charge in [-0.1, -0.05) is 6.92 Å². The maximum absolute atomic E-state index is 12.4. The van der Waals surface area contributed by atoms with E-state index in [0.29, 0.717) is 36.6 Å². The molecule has 1 aromatic rings. The number of nitrogens with zero attached hydrogens (tertiary/aromatic N) is 3. The summed E-state index contributed by atoms with van der Waals surface area (Å²) in [4.78, 5) is 43.5. The van der Waals surface area contributed by atoms with Gasteiger partial charge in [0.25, 0.3) is 5.91 Å². The fourth-order valence-corrected chi connectivity index (χ4v) is 3.01. The number of carbonyl (C=O) groups is 3. The normalized spacial score (nSPS) is 20.0. The van der Waals surface area contributed by atoms with Crippen LogP contribution in [0.15, 0.2) is 12.3 Å². The first-order valence-electron chi connectivity index (χ1n) is 8.08. The first-order valence-corrected chi connectivity index (χ1v) is 8.08. The van der Waals surface area contributed by atoms with Crippen molar-refractivity contribution in [1.29, 1.82) is 0 Å². The minimum Gasteiger partial charge on any atom is -0.359 e. The molecule has 0 bridgehead atoms. The summed E-state index contributed by atoms with van der Waals surface area (Å²) in [7, 11) is 1.66. The third-order valence-electron chi connectivity index (χ3n) is 4.32. The van der Waals surface area contributed by atoms with Crippen molar-refractivity contribution in [2.24, 2.45) is 0 Å². The molecule has 3 amide bonds. The van der Waals surface area contributed by atoms with E-state index in [0.717, 1.165) is 6.42 Å². The third kappa shape index (κ3) is 3.04. The van der Waals surface area contributed by atoms with Crippen molar-refractivity contribution < 1.29 is 14.4 Å². The van der Waals surface area contributed by atoms with Crippen molar-refractivity contribution in [3.05, 3.63) is 17.8 Å². The molecule has 1 atom stereocenters. The first kappa shape index (κ1) is 16.2. The number of nitrogens with one attached hydrogen (secondary N) is 2. The van der Waals surface area contributed by atoms with E-state index in [2.05, 4.69) is 15.6 Å². The summed E-state index contributed by atoms with van der Waals surface area (Å²) >= 11 is 0. The minimum atomic E-state index is -0.284. The lowest BCUT2D eigenvalue weighted by molar-refractivity contribution is -0.127. The predicted molar refractivity (Wildman–Crippen MR) is 88.9 cm³/mol. The molecule has 2 N–H and O–H groups in total. The zero-order valence-electron chi connectivity index (χ0n) is 13.8. The van der Waals surface area contributed by atoms with Crippen LogP contribution in [0.3, 0.4) is 0 Å². The van der Waals surface area contributed by atoms with Crippen LogP contribution < -0.4 is 15.5 Å². The van der Waals surface area contributed by atoms with Gasteiger partial charge in [0.1, 0.15) is 5.82 Å². The second-order valence-electron chi connectivity index (χ2n) is 6.11. The Morgan fingerprint density at radius 3 is 2.96 bits per heavy atom. The highest BCUT2D eigenvalue weighted by atomic mass is 16.2. The number of aromatic nitrogens is 1. The summed E-state index contributed by atoms with van der Waals surface area (Å²) in [6, 6.07) is 1.45. The third-order valence-corrected chi connectivity index (χ3v) is 4.32. The Labute approximate surface area is 140 Å². The van der Waals surface area contributed by atoms with E-state index in [-0.39, 0.29) is 30.3 Å². The van der Waals surface area contributed by atoms with Crippen LogP contribution in [0.4, 0.5) is 11.5 Å². The molecule has 0 aliphatic carbocycles. The maximum Gasteiger partial charge on any atom is 0.253 e. The highest BCUT2D eigenvalue weighted by Crippen LogP contribution is 2.27. The van der Waals surface area contributed by atoms with Crippen LogP contribution in [0.25, 0.3) is 0 Å². The number of likely N-dealkylation sites (N-methyl/N-ethyl adjacent to an activating group) is 1. The lowest BCUT2D eigenvalue weighted by Gasteiger charge is -2.26. The van der Waals surface area contributed by atoms with Gasteiger partial charge in [0, 0.05) is 32.8 Å². The Balaban J connectivity index is 1.70. The van der Waals surface area contributed by atoms with Gasteiger partial charge in [0.2, 0.25) is 11.8 Å². The quantitative estimate of drug-likeness (QED) is 0.822. The molecule has 0 spiro atoms. The van der Waals surface area contributed by atoms with E-state index in [9.17, 15) is 14.4 Å². The van der Waals surface area contributed by atoms with E-state index in [4.69, 9.17) is 0 Å². The zero-order valence-corrected chi connectivity index (χ0v) is 13.8. The first-order chi connectivity index (χ1) is 11.5. The van der Waals surface area contributed by atoms with Gasteiger partial charge in [0.15, 0.2) is 0 Å². The highest BCUT2D eigenvalue weighted by molar-refractivity contribution is 6.03. The van der Waals surface area contributed by atoms with Crippen LogP contribution in [0, 0.1) is 0 Å². The van der Waals surface area contributed by atoms with Crippen molar-refractivity contribution in [2.45, 2.75) is 25.8 Å². The van der Waals surface area contributed by atoms with Crippen LogP contribution in [0.5, 0.6) is 0 Å². The molecule has 1 aromatic heterocycles. The average Bonchev–Trinajstić information content (AvgIpc) is 2.90. The molecule has 8 heteroatoms. The molecule has 1 fully saturated rings. The van der Waals surface area contributed by atoms with Gasteiger partial charge < -0.3 is 20.4 Å². The van der Waals surface area contributed by atoms with Gasteiger partial charge in [-0.15, -0.1) is 0 Å². The van der Waals surface area contributed by atoms with Crippen LogP contribution in [-0.2, 0) is 9.59 Å². The van der Waals surface area contributed by atoms with Gasteiger partial charge in [-0.2, -0.15) is 0 Å². The topological polar surface area (TPSA) is 94.6 Å². The van der Waals surface area contributed by atoms with Crippen molar-refractivity contribution in [1.82, 2.24) is 15.2 Å². The highest BCUT2D eigenvalue weighted by Gasteiger charge is 2.30. The van der Waals surface area contributed by atoms with E-state index >= 15 is 0 Å². The Hall–Kier alpha value is -2.64. The molecular formula is C16H21N5O3. The van der Waals surface area contributed by atoms with Crippen molar-refractivity contribution in [3.8, 4) is 0 Å². The van der Waals surface area contributed by atoms with Crippen LogP contribution in [-0.4, -0.2) is 60.3 Å².